The van der Waals surface area contributed by atoms with Crippen molar-refractivity contribution in [3.63, 3.8) is 0 Å². The number of hydrogen-bond acceptors (Lipinski definition) is 3. The van der Waals surface area contributed by atoms with Crippen LogP contribution in [0.5, 0.6) is 0 Å². The topological polar surface area (TPSA) is 46.2 Å². The number of hydrogen-bond donors (Lipinski definition) is 1. The summed E-state index contributed by atoms with van der Waals surface area (Å²) >= 11 is 0.738. The van der Waals surface area contributed by atoms with Crippen LogP contribution in [0, 0.1) is 0 Å². The number of imide groups is 1. The van der Waals surface area contributed by atoms with Crippen LogP contribution in [0.15, 0.2) is 30.3 Å². The van der Waals surface area contributed by atoms with E-state index in [2.05, 4.69) is 5.32 Å². The molecule has 2 amide bonds. The molecular formula is C10H9NO2S. The molecule has 1 aromatic carbocycles. The Bertz CT molecular complexity index is 409. The lowest BCUT2D eigenvalue weighted by Gasteiger charge is -2.03. The van der Waals surface area contributed by atoms with Crippen LogP contribution >= 0.6 is 11.8 Å². The molecule has 0 saturated carbocycles. The van der Waals surface area contributed by atoms with Gasteiger partial charge in [0.1, 0.15) is 0 Å². The van der Waals surface area contributed by atoms with Crippen LogP contribution in [0.4, 0.5) is 4.79 Å². The number of nitrogens with one attached hydrogen (secondary N) is 1. The summed E-state index contributed by atoms with van der Waals surface area (Å²) in [7, 11) is 0. The summed E-state index contributed by atoms with van der Waals surface area (Å²) in [5, 5.41) is 0.282. The molecule has 0 aliphatic carbocycles. The van der Waals surface area contributed by atoms with E-state index in [4.69, 9.17) is 1.37 Å². The van der Waals surface area contributed by atoms with E-state index in [1.54, 1.807) is 0 Å². The molecule has 1 heterocycles. The van der Waals surface area contributed by atoms with Crippen LogP contribution in [0.1, 0.15) is 6.93 Å². The molecule has 3 nitrogen and oxygen atoms in total. The molecule has 0 bridgehead atoms. The molecule has 72 valence electrons. The number of thioether (sulfide) groups is 1. The highest BCUT2D eigenvalue weighted by Gasteiger charge is 2.31. The lowest BCUT2D eigenvalue weighted by Crippen LogP contribution is -2.25. The molecule has 4 heteroatoms. The van der Waals surface area contributed by atoms with Crippen molar-refractivity contribution in [2.75, 3.05) is 0 Å². The van der Waals surface area contributed by atoms with Crippen molar-refractivity contribution < 1.29 is 11.0 Å². The Balaban J connectivity index is 2.18. The second kappa shape index (κ2) is 3.84. The predicted octanol–water partition coefficient (Wildman–Crippen LogP) is 1.58. The van der Waals surface area contributed by atoms with Crippen molar-refractivity contribution in [3.8, 4) is 0 Å². The van der Waals surface area contributed by atoms with Crippen molar-refractivity contribution in [2.45, 2.75) is 11.6 Å². The minimum atomic E-state index is -1.40. The maximum atomic E-state index is 11.4. The number of amides is 2. The molecule has 1 N–H and O–H groups in total. The van der Waals surface area contributed by atoms with Crippen molar-refractivity contribution in [1.29, 1.82) is 0 Å². The fourth-order valence-electron chi connectivity index (χ4n) is 1.24. The van der Waals surface area contributed by atoms with E-state index in [1.807, 2.05) is 30.3 Å². The summed E-state index contributed by atoms with van der Waals surface area (Å²) in [5.74, 6) is -0.527. The van der Waals surface area contributed by atoms with Crippen molar-refractivity contribution >= 4 is 22.9 Å². The van der Waals surface area contributed by atoms with E-state index >= 15 is 0 Å². The lowest BCUT2D eigenvalue weighted by molar-refractivity contribution is -0.118. The van der Waals surface area contributed by atoms with Gasteiger partial charge in [0.05, 0.1) is 6.60 Å². The zero-order valence-electron chi connectivity index (χ0n) is 8.32. The Kier molecular flexibility index (Phi) is 2.21. The fraction of sp³-hybridized carbons (Fsp3) is 0.200. The summed E-state index contributed by atoms with van der Waals surface area (Å²) in [6.45, 7) is 0. The minimum Gasteiger partial charge on any atom is -0.286 e. The summed E-state index contributed by atoms with van der Waals surface area (Å²) in [4.78, 5) is 22.3. The first-order valence-corrected chi connectivity index (χ1v) is 5.00. The number of benzene rings is 1. The number of rotatable bonds is 2. The van der Waals surface area contributed by atoms with Crippen LogP contribution in [0.2, 0.25) is 0 Å². The fourth-order valence-corrected chi connectivity index (χ4v) is 1.99. The third kappa shape index (κ3) is 1.96. The molecule has 1 aliphatic rings. The zero-order valence-corrected chi connectivity index (χ0v) is 8.14. The van der Waals surface area contributed by atoms with Crippen LogP contribution in [0.25, 0.3) is 0 Å². The van der Waals surface area contributed by atoms with Gasteiger partial charge in [0, 0.05) is 0 Å². The Hall–Kier alpha value is -1.29. The van der Waals surface area contributed by atoms with Gasteiger partial charge >= 0.3 is 0 Å². The highest BCUT2D eigenvalue weighted by molar-refractivity contribution is 8.15. The van der Waals surface area contributed by atoms with E-state index in [1.165, 1.54) is 0 Å². The van der Waals surface area contributed by atoms with Crippen LogP contribution in [0.3, 0.4) is 0 Å². The minimum absolute atomic E-state index is 0.246. The van der Waals surface area contributed by atoms with Crippen LogP contribution in [-0.4, -0.2) is 16.4 Å². The van der Waals surface area contributed by atoms with Gasteiger partial charge < -0.3 is 0 Å². The number of carbonyl (C=O) groups is 2. The van der Waals surface area contributed by atoms with E-state index in [9.17, 15) is 9.59 Å². The van der Waals surface area contributed by atoms with Gasteiger partial charge in [-0.1, -0.05) is 42.1 Å². The van der Waals surface area contributed by atoms with Gasteiger partial charge in [-0.2, -0.15) is 0 Å². The highest BCUT2D eigenvalue weighted by atomic mass is 32.2. The Morgan fingerprint density at radius 2 is 2.07 bits per heavy atom. The van der Waals surface area contributed by atoms with Gasteiger partial charge in [-0.3, -0.25) is 14.9 Å². The standard InChI is InChI=1S/C10H9NO2S/c12-9-8(14-10(13)11-9)6-7-4-2-1-3-5-7/h1-5,8H,6H2,(H,11,12,13)/i8D. The number of carbonyl (C=O) groups excluding carboxylic acids is 2. The quantitative estimate of drug-likeness (QED) is 0.802. The van der Waals surface area contributed by atoms with Gasteiger partial charge in [0.15, 0.2) is 0 Å². The molecule has 0 spiro atoms. The van der Waals surface area contributed by atoms with E-state index in [-0.39, 0.29) is 6.42 Å². The second-order valence-electron chi connectivity index (χ2n) is 2.93. The monoisotopic (exact) mass is 208 g/mol. The van der Waals surface area contributed by atoms with Gasteiger partial charge in [-0.05, 0) is 12.0 Å². The molecule has 0 aromatic heterocycles. The molecule has 1 aliphatic heterocycles. The first kappa shape index (κ1) is 8.05. The smallest absolute Gasteiger partial charge is 0.286 e. The van der Waals surface area contributed by atoms with Crippen LogP contribution in [-0.2, 0) is 11.2 Å². The predicted molar refractivity (Wildman–Crippen MR) is 55.1 cm³/mol. The van der Waals surface area contributed by atoms with Gasteiger partial charge in [-0.15, -0.1) is 0 Å². The Morgan fingerprint density at radius 3 is 2.64 bits per heavy atom. The molecule has 14 heavy (non-hydrogen) atoms. The third-order valence-electron chi connectivity index (χ3n) is 1.89. The first-order chi connectivity index (χ1) is 7.10. The normalized spacial score (nSPS) is 27.3. The molecular weight excluding hydrogens is 198 g/mol. The van der Waals surface area contributed by atoms with E-state index in [0.29, 0.717) is 0 Å². The SMILES string of the molecule is [2H]C1(Cc2ccccc2)SC(=O)NC1=O. The summed E-state index contributed by atoms with van der Waals surface area (Å²) < 4.78 is 7.88. The van der Waals surface area contributed by atoms with Crippen molar-refractivity contribution in [2.24, 2.45) is 0 Å². The maximum absolute atomic E-state index is 11.4. The summed E-state index contributed by atoms with van der Waals surface area (Å²) in [6.07, 6.45) is 0.246. The molecule has 0 radical (unpaired) electrons. The lowest BCUT2D eigenvalue weighted by atomic mass is 10.1. The first-order valence-electron chi connectivity index (χ1n) is 4.68. The molecule has 1 saturated heterocycles. The average Bonchev–Trinajstić information content (AvgIpc) is 2.41. The average molecular weight is 208 g/mol. The second-order valence-corrected chi connectivity index (χ2v) is 4.00. The van der Waals surface area contributed by atoms with Crippen LogP contribution < -0.4 is 5.32 Å². The summed E-state index contributed by atoms with van der Waals surface area (Å²) in [5.41, 5.74) is 0.879. The summed E-state index contributed by atoms with van der Waals surface area (Å²) in [6, 6.07) is 9.24. The highest BCUT2D eigenvalue weighted by Crippen LogP contribution is 2.22. The third-order valence-corrected chi connectivity index (χ3v) is 2.76. The van der Waals surface area contributed by atoms with E-state index in [0.717, 1.165) is 17.3 Å². The van der Waals surface area contributed by atoms with Crippen molar-refractivity contribution in [1.82, 2.24) is 5.32 Å². The van der Waals surface area contributed by atoms with E-state index < -0.39 is 16.4 Å². The Labute approximate surface area is 87.3 Å². The molecule has 1 aromatic rings. The maximum Gasteiger partial charge on any atom is 0.286 e. The zero-order chi connectivity index (χ0) is 10.9. The van der Waals surface area contributed by atoms with Gasteiger partial charge in [-0.25, -0.2) is 0 Å². The molecule has 1 fully saturated rings. The van der Waals surface area contributed by atoms with Crippen molar-refractivity contribution in [3.05, 3.63) is 35.9 Å². The molecule has 1 unspecified atom stereocenters. The molecule has 1 atom stereocenters. The Morgan fingerprint density at radius 1 is 1.36 bits per heavy atom. The largest absolute Gasteiger partial charge is 0.286 e. The van der Waals surface area contributed by atoms with Gasteiger partial charge in [0.2, 0.25) is 5.91 Å². The molecule has 2 rings (SSSR count). The van der Waals surface area contributed by atoms with Gasteiger partial charge in [0.25, 0.3) is 5.24 Å².